The van der Waals surface area contributed by atoms with Crippen LogP contribution in [-0.4, -0.2) is 9.97 Å². The van der Waals surface area contributed by atoms with Crippen LogP contribution in [0.25, 0.3) is 11.4 Å². The van der Waals surface area contributed by atoms with Crippen molar-refractivity contribution in [1.82, 2.24) is 9.97 Å². The highest BCUT2D eigenvalue weighted by Crippen LogP contribution is 2.17. The van der Waals surface area contributed by atoms with Gasteiger partial charge in [0.25, 0.3) is 5.56 Å². The normalized spacial score (nSPS) is 10.4. The number of nitrogens with two attached hydrogens (primary N) is 2. The maximum absolute atomic E-state index is 11.7. The van der Waals surface area contributed by atoms with Crippen LogP contribution in [-0.2, 0) is 6.42 Å². The Morgan fingerprint density at radius 2 is 1.88 bits per heavy atom. The number of hydrogen-bond acceptors (Lipinski definition) is 4. The molecule has 5 nitrogen and oxygen atoms in total. The van der Waals surface area contributed by atoms with Crippen molar-refractivity contribution in [2.75, 3.05) is 11.5 Å². The molecule has 0 saturated heterocycles. The van der Waals surface area contributed by atoms with Crippen molar-refractivity contribution in [3.63, 3.8) is 0 Å². The number of benzene rings is 1. The number of aromatic nitrogens is 2. The zero-order valence-corrected chi connectivity index (χ0v) is 9.53. The van der Waals surface area contributed by atoms with Crippen molar-refractivity contribution in [1.29, 1.82) is 0 Å². The molecule has 0 aliphatic rings. The molecule has 0 aliphatic heterocycles. The summed E-state index contributed by atoms with van der Waals surface area (Å²) in [7, 11) is 0. The molecular formula is C12H14N4O. The first-order valence-corrected chi connectivity index (χ1v) is 5.36. The fourth-order valence-electron chi connectivity index (χ4n) is 1.63. The molecule has 0 radical (unpaired) electrons. The molecule has 5 N–H and O–H groups in total. The van der Waals surface area contributed by atoms with Crippen molar-refractivity contribution >= 4 is 11.5 Å². The summed E-state index contributed by atoms with van der Waals surface area (Å²) in [5, 5.41) is 0. The van der Waals surface area contributed by atoms with Crippen molar-refractivity contribution in [2.24, 2.45) is 0 Å². The van der Waals surface area contributed by atoms with Crippen LogP contribution < -0.4 is 17.0 Å². The molecule has 5 heteroatoms. The molecule has 1 aromatic heterocycles. The van der Waals surface area contributed by atoms with Gasteiger partial charge in [0.15, 0.2) is 0 Å². The summed E-state index contributed by atoms with van der Waals surface area (Å²) in [6.07, 6.45) is 0.566. The monoisotopic (exact) mass is 230 g/mol. The number of nitrogen functional groups attached to an aromatic ring is 2. The Labute approximate surface area is 98.5 Å². The van der Waals surface area contributed by atoms with Gasteiger partial charge in [-0.05, 0) is 30.7 Å². The Morgan fingerprint density at radius 3 is 2.41 bits per heavy atom. The van der Waals surface area contributed by atoms with Gasteiger partial charge in [-0.25, -0.2) is 4.98 Å². The van der Waals surface area contributed by atoms with Gasteiger partial charge in [0, 0.05) is 11.3 Å². The third-order valence-corrected chi connectivity index (χ3v) is 2.59. The fraction of sp³-hybridized carbons (Fsp3) is 0.167. The molecule has 0 atom stereocenters. The van der Waals surface area contributed by atoms with Crippen molar-refractivity contribution in [3.05, 3.63) is 40.2 Å². The van der Waals surface area contributed by atoms with E-state index in [4.69, 9.17) is 11.5 Å². The lowest BCUT2D eigenvalue weighted by Crippen LogP contribution is -2.17. The summed E-state index contributed by atoms with van der Waals surface area (Å²) in [5.74, 6) is 0.743. The number of rotatable bonds is 2. The second-order valence-corrected chi connectivity index (χ2v) is 3.75. The molecule has 1 aromatic carbocycles. The topological polar surface area (TPSA) is 97.8 Å². The zero-order chi connectivity index (χ0) is 12.4. The predicted octanol–water partition coefficient (Wildman–Crippen LogP) is 1.16. The van der Waals surface area contributed by atoms with Crippen LogP contribution in [0.1, 0.15) is 12.5 Å². The first kappa shape index (κ1) is 11.2. The highest BCUT2D eigenvalue weighted by Gasteiger charge is 2.08. The average molecular weight is 230 g/mol. The first-order valence-electron chi connectivity index (χ1n) is 5.36. The van der Waals surface area contributed by atoms with Gasteiger partial charge in [0.05, 0.1) is 5.56 Å². The highest BCUT2D eigenvalue weighted by atomic mass is 16.1. The lowest BCUT2D eigenvalue weighted by Gasteiger charge is -2.05. The minimum atomic E-state index is -0.188. The Balaban J connectivity index is 2.54. The molecule has 17 heavy (non-hydrogen) atoms. The van der Waals surface area contributed by atoms with Gasteiger partial charge in [-0.3, -0.25) is 4.79 Å². The van der Waals surface area contributed by atoms with E-state index in [2.05, 4.69) is 9.97 Å². The molecule has 0 saturated carbocycles. The number of nitrogens with zero attached hydrogens (tertiary/aromatic N) is 1. The van der Waals surface area contributed by atoms with Crippen molar-refractivity contribution in [3.8, 4) is 11.4 Å². The second-order valence-electron chi connectivity index (χ2n) is 3.75. The number of anilines is 2. The van der Waals surface area contributed by atoms with E-state index in [1.54, 1.807) is 24.3 Å². The first-order chi connectivity index (χ1) is 8.11. The molecule has 0 amide bonds. The van der Waals surface area contributed by atoms with E-state index in [9.17, 15) is 4.79 Å². The van der Waals surface area contributed by atoms with Crippen molar-refractivity contribution in [2.45, 2.75) is 13.3 Å². The van der Waals surface area contributed by atoms with E-state index >= 15 is 0 Å². The molecule has 0 bridgehead atoms. The Kier molecular flexibility index (Phi) is 2.82. The van der Waals surface area contributed by atoms with Crippen LogP contribution >= 0.6 is 0 Å². The molecule has 1 heterocycles. The molecule has 0 aliphatic carbocycles. The molecular weight excluding hydrogens is 216 g/mol. The highest BCUT2D eigenvalue weighted by molar-refractivity contribution is 5.60. The third-order valence-electron chi connectivity index (χ3n) is 2.59. The number of H-pyrrole nitrogens is 1. The minimum Gasteiger partial charge on any atom is -0.399 e. The van der Waals surface area contributed by atoms with Crippen LogP contribution in [0, 0.1) is 0 Å². The molecule has 0 fully saturated rings. The summed E-state index contributed by atoms with van der Waals surface area (Å²) in [5.41, 5.74) is 13.1. The second kappa shape index (κ2) is 4.29. The molecule has 0 unspecified atom stereocenters. The van der Waals surface area contributed by atoms with Crippen LogP contribution in [0.15, 0.2) is 29.1 Å². The molecule has 0 spiro atoms. The Hall–Kier alpha value is -2.30. The summed E-state index contributed by atoms with van der Waals surface area (Å²) >= 11 is 0. The van der Waals surface area contributed by atoms with E-state index in [0.717, 1.165) is 5.56 Å². The largest absolute Gasteiger partial charge is 0.399 e. The van der Waals surface area contributed by atoms with Crippen molar-refractivity contribution < 1.29 is 0 Å². The predicted molar refractivity (Wildman–Crippen MR) is 68.5 cm³/mol. The minimum absolute atomic E-state index is 0.188. The van der Waals surface area contributed by atoms with Crippen LogP contribution in [0.3, 0.4) is 0 Å². The lowest BCUT2D eigenvalue weighted by molar-refractivity contribution is 1.02. The van der Waals surface area contributed by atoms with Gasteiger partial charge in [-0.1, -0.05) is 6.92 Å². The number of aromatic amines is 1. The fourth-order valence-corrected chi connectivity index (χ4v) is 1.63. The molecule has 2 aromatic rings. The van der Waals surface area contributed by atoms with Gasteiger partial charge in [0.2, 0.25) is 0 Å². The number of nitrogens with one attached hydrogen (secondary N) is 1. The quantitative estimate of drug-likeness (QED) is 0.674. The molecule has 88 valence electrons. The Morgan fingerprint density at radius 1 is 1.24 bits per heavy atom. The van der Waals surface area contributed by atoms with Gasteiger partial charge in [-0.15, -0.1) is 0 Å². The summed E-state index contributed by atoms with van der Waals surface area (Å²) in [6.45, 7) is 1.87. The van der Waals surface area contributed by atoms with Gasteiger partial charge in [-0.2, -0.15) is 0 Å². The maximum Gasteiger partial charge on any atom is 0.256 e. The molecule has 2 rings (SSSR count). The summed E-state index contributed by atoms with van der Waals surface area (Å²) in [6, 6.07) is 7.08. The van der Waals surface area contributed by atoms with Gasteiger partial charge < -0.3 is 16.5 Å². The average Bonchev–Trinajstić information content (AvgIpc) is 2.29. The number of hydrogen-bond donors (Lipinski definition) is 3. The van der Waals surface area contributed by atoms with Crippen LogP contribution in [0.2, 0.25) is 0 Å². The van der Waals surface area contributed by atoms with Gasteiger partial charge >= 0.3 is 0 Å². The summed E-state index contributed by atoms with van der Waals surface area (Å²) in [4.78, 5) is 18.6. The van der Waals surface area contributed by atoms with E-state index in [1.807, 2.05) is 6.92 Å². The van der Waals surface area contributed by atoms with E-state index in [-0.39, 0.29) is 11.4 Å². The van der Waals surface area contributed by atoms with Crippen LogP contribution in [0.5, 0.6) is 0 Å². The van der Waals surface area contributed by atoms with E-state index in [1.165, 1.54) is 0 Å². The SMILES string of the molecule is CCc1c(N)nc(-c2ccc(N)cc2)[nH]c1=O. The van der Waals surface area contributed by atoms with E-state index < -0.39 is 0 Å². The zero-order valence-electron chi connectivity index (χ0n) is 9.53. The van der Waals surface area contributed by atoms with E-state index in [0.29, 0.717) is 23.5 Å². The summed E-state index contributed by atoms with van der Waals surface area (Å²) < 4.78 is 0. The van der Waals surface area contributed by atoms with Crippen LogP contribution in [0.4, 0.5) is 11.5 Å². The smallest absolute Gasteiger partial charge is 0.256 e. The van der Waals surface area contributed by atoms with Gasteiger partial charge in [0.1, 0.15) is 11.6 Å². The third kappa shape index (κ3) is 2.13. The standard InChI is InChI=1S/C12H14N4O/c1-2-9-10(14)15-11(16-12(9)17)7-3-5-8(13)6-4-7/h3-6H,2,13H2,1H3,(H3,14,15,16,17). The maximum atomic E-state index is 11.7. The lowest BCUT2D eigenvalue weighted by atomic mass is 10.2. The Bertz CT molecular complexity index is 586.